The van der Waals surface area contributed by atoms with Crippen molar-refractivity contribution in [2.45, 2.75) is 19.8 Å². The number of hydrogen-bond donors (Lipinski definition) is 1. The fourth-order valence-corrected chi connectivity index (χ4v) is 1.51. The molecular formula is C11H12ClN3. The third kappa shape index (κ3) is 2.18. The van der Waals surface area contributed by atoms with Gasteiger partial charge in [-0.2, -0.15) is 10.1 Å². The highest BCUT2D eigenvalue weighted by Crippen LogP contribution is 2.20. The molecule has 15 heavy (non-hydrogen) atoms. The zero-order valence-corrected chi connectivity index (χ0v) is 9.42. The highest BCUT2D eigenvalue weighted by atomic mass is 35.5. The SMILES string of the molecule is CC(C)c1ccc(-c2n[nH]c(Cl)n2)cc1. The van der Waals surface area contributed by atoms with Crippen molar-refractivity contribution in [3.8, 4) is 11.4 Å². The van der Waals surface area contributed by atoms with Gasteiger partial charge in [-0.1, -0.05) is 38.1 Å². The van der Waals surface area contributed by atoms with Crippen LogP contribution in [0.5, 0.6) is 0 Å². The molecule has 0 aliphatic heterocycles. The molecule has 0 radical (unpaired) electrons. The molecule has 0 aliphatic rings. The average Bonchev–Trinajstić information content (AvgIpc) is 2.65. The summed E-state index contributed by atoms with van der Waals surface area (Å²) in [5.41, 5.74) is 2.28. The molecular weight excluding hydrogens is 210 g/mol. The quantitative estimate of drug-likeness (QED) is 0.846. The van der Waals surface area contributed by atoms with Crippen LogP contribution in [0.3, 0.4) is 0 Å². The molecule has 1 heterocycles. The highest BCUT2D eigenvalue weighted by molar-refractivity contribution is 6.28. The van der Waals surface area contributed by atoms with Crippen LogP contribution in [0.15, 0.2) is 24.3 Å². The molecule has 4 heteroatoms. The standard InChI is InChI=1S/C11H12ClN3/c1-7(2)8-3-5-9(6-4-8)10-13-11(12)15-14-10/h3-7H,1-2H3,(H,13,14,15). The van der Waals surface area contributed by atoms with Crippen LogP contribution in [0.1, 0.15) is 25.3 Å². The van der Waals surface area contributed by atoms with Crippen LogP contribution in [-0.4, -0.2) is 15.2 Å². The van der Waals surface area contributed by atoms with Crippen LogP contribution in [0.25, 0.3) is 11.4 Å². The average molecular weight is 222 g/mol. The van der Waals surface area contributed by atoms with Gasteiger partial charge in [-0.15, -0.1) is 0 Å². The van der Waals surface area contributed by atoms with Gasteiger partial charge in [-0.05, 0) is 23.1 Å². The Labute approximate surface area is 93.5 Å². The number of benzene rings is 1. The van der Waals surface area contributed by atoms with Gasteiger partial charge >= 0.3 is 0 Å². The molecule has 0 saturated heterocycles. The summed E-state index contributed by atoms with van der Waals surface area (Å²) in [6.45, 7) is 4.33. The third-order valence-corrected chi connectivity index (χ3v) is 2.46. The molecule has 0 bridgehead atoms. The van der Waals surface area contributed by atoms with Crippen LogP contribution in [-0.2, 0) is 0 Å². The molecule has 0 amide bonds. The maximum absolute atomic E-state index is 5.66. The maximum Gasteiger partial charge on any atom is 0.218 e. The summed E-state index contributed by atoms with van der Waals surface area (Å²) >= 11 is 5.66. The van der Waals surface area contributed by atoms with E-state index in [9.17, 15) is 0 Å². The first-order chi connectivity index (χ1) is 7.16. The van der Waals surface area contributed by atoms with E-state index in [1.165, 1.54) is 5.56 Å². The van der Waals surface area contributed by atoms with E-state index >= 15 is 0 Å². The van der Waals surface area contributed by atoms with Crippen molar-refractivity contribution in [2.24, 2.45) is 0 Å². The predicted octanol–water partition coefficient (Wildman–Crippen LogP) is 3.25. The van der Waals surface area contributed by atoms with Crippen LogP contribution in [0, 0.1) is 0 Å². The maximum atomic E-state index is 5.66. The number of rotatable bonds is 2. The molecule has 3 nitrogen and oxygen atoms in total. The van der Waals surface area contributed by atoms with E-state index in [2.05, 4.69) is 41.2 Å². The lowest BCUT2D eigenvalue weighted by atomic mass is 10.0. The van der Waals surface area contributed by atoms with E-state index in [1.54, 1.807) is 0 Å². The Morgan fingerprint density at radius 1 is 1.20 bits per heavy atom. The molecule has 1 aromatic carbocycles. The Balaban J connectivity index is 2.31. The first-order valence-corrected chi connectivity index (χ1v) is 5.23. The summed E-state index contributed by atoms with van der Waals surface area (Å²) in [6.07, 6.45) is 0. The van der Waals surface area contributed by atoms with Gasteiger partial charge in [0.15, 0.2) is 5.82 Å². The molecule has 1 N–H and O–H groups in total. The number of halogens is 1. The minimum atomic E-state index is 0.318. The first-order valence-electron chi connectivity index (χ1n) is 4.85. The number of hydrogen-bond acceptors (Lipinski definition) is 2. The monoisotopic (exact) mass is 221 g/mol. The van der Waals surface area contributed by atoms with Crippen LogP contribution < -0.4 is 0 Å². The lowest BCUT2D eigenvalue weighted by molar-refractivity contribution is 0.867. The van der Waals surface area contributed by atoms with Crippen LogP contribution >= 0.6 is 11.6 Å². The smallest absolute Gasteiger partial charge is 0.218 e. The summed E-state index contributed by atoms with van der Waals surface area (Å²) in [5, 5.41) is 6.92. The van der Waals surface area contributed by atoms with Gasteiger partial charge in [0, 0.05) is 5.56 Å². The molecule has 2 rings (SSSR count). The first kappa shape index (κ1) is 10.2. The molecule has 0 spiro atoms. The van der Waals surface area contributed by atoms with E-state index < -0.39 is 0 Å². The van der Waals surface area contributed by atoms with Crippen LogP contribution in [0.4, 0.5) is 0 Å². The molecule has 0 unspecified atom stereocenters. The number of nitrogens with zero attached hydrogens (tertiary/aromatic N) is 2. The number of aromatic nitrogens is 3. The van der Waals surface area contributed by atoms with E-state index in [-0.39, 0.29) is 0 Å². The molecule has 1 aromatic heterocycles. The molecule has 78 valence electrons. The lowest BCUT2D eigenvalue weighted by Crippen LogP contribution is -1.87. The molecule has 0 fully saturated rings. The van der Waals surface area contributed by atoms with Gasteiger partial charge in [0.2, 0.25) is 5.28 Å². The molecule has 2 aromatic rings. The molecule has 0 saturated carbocycles. The molecule has 0 aliphatic carbocycles. The van der Waals surface area contributed by atoms with Gasteiger partial charge in [0.05, 0.1) is 0 Å². The summed E-state index contributed by atoms with van der Waals surface area (Å²) in [4.78, 5) is 4.05. The number of nitrogens with one attached hydrogen (secondary N) is 1. The van der Waals surface area contributed by atoms with E-state index in [0.717, 1.165) is 5.56 Å². The van der Waals surface area contributed by atoms with Gasteiger partial charge in [-0.25, -0.2) is 5.10 Å². The zero-order chi connectivity index (χ0) is 10.8. The van der Waals surface area contributed by atoms with Crippen molar-refractivity contribution in [3.05, 3.63) is 35.1 Å². The summed E-state index contributed by atoms with van der Waals surface area (Å²) < 4.78 is 0. The number of aromatic amines is 1. The lowest BCUT2D eigenvalue weighted by Gasteiger charge is -2.04. The second-order valence-electron chi connectivity index (χ2n) is 3.73. The van der Waals surface area contributed by atoms with Gasteiger partial charge in [0.25, 0.3) is 0 Å². The van der Waals surface area contributed by atoms with Crippen molar-refractivity contribution in [2.75, 3.05) is 0 Å². The topological polar surface area (TPSA) is 41.6 Å². The Morgan fingerprint density at radius 3 is 2.33 bits per heavy atom. The third-order valence-electron chi connectivity index (χ3n) is 2.29. The van der Waals surface area contributed by atoms with Crippen molar-refractivity contribution in [1.29, 1.82) is 0 Å². The van der Waals surface area contributed by atoms with E-state index in [4.69, 9.17) is 11.6 Å². The van der Waals surface area contributed by atoms with Gasteiger partial charge in [-0.3, -0.25) is 0 Å². The Bertz CT molecular complexity index is 445. The van der Waals surface area contributed by atoms with Crippen molar-refractivity contribution >= 4 is 11.6 Å². The van der Waals surface area contributed by atoms with Gasteiger partial charge in [0.1, 0.15) is 0 Å². The Kier molecular flexibility index (Phi) is 2.73. The number of H-pyrrole nitrogens is 1. The minimum absolute atomic E-state index is 0.318. The minimum Gasteiger partial charge on any atom is -0.249 e. The van der Waals surface area contributed by atoms with E-state index in [0.29, 0.717) is 17.0 Å². The summed E-state index contributed by atoms with van der Waals surface area (Å²) in [5.74, 6) is 1.17. The highest BCUT2D eigenvalue weighted by Gasteiger charge is 2.05. The normalized spacial score (nSPS) is 10.9. The van der Waals surface area contributed by atoms with Crippen molar-refractivity contribution < 1.29 is 0 Å². The fourth-order valence-electron chi connectivity index (χ4n) is 1.39. The van der Waals surface area contributed by atoms with Gasteiger partial charge < -0.3 is 0 Å². The molecule has 0 atom stereocenters. The largest absolute Gasteiger partial charge is 0.249 e. The predicted molar refractivity (Wildman–Crippen MR) is 60.9 cm³/mol. The second kappa shape index (κ2) is 4.03. The fraction of sp³-hybridized carbons (Fsp3) is 0.273. The summed E-state index contributed by atoms with van der Waals surface area (Å²) in [6, 6.07) is 8.19. The van der Waals surface area contributed by atoms with Crippen molar-refractivity contribution in [1.82, 2.24) is 15.2 Å². The zero-order valence-electron chi connectivity index (χ0n) is 8.66. The van der Waals surface area contributed by atoms with Crippen molar-refractivity contribution in [3.63, 3.8) is 0 Å². The Morgan fingerprint density at radius 2 is 1.87 bits per heavy atom. The van der Waals surface area contributed by atoms with Crippen LogP contribution in [0.2, 0.25) is 5.28 Å². The summed E-state index contributed by atoms with van der Waals surface area (Å²) in [7, 11) is 0. The van der Waals surface area contributed by atoms with E-state index in [1.807, 2.05) is 12.1 Å². The second-order valence-corrected chi connectivity index (χ2v) is 4.08. The Hall–Kier alpha value is -1.35.